The first-order valence-corrected chi connectivity index (χ1v) is 6.10. The second-order valence-corrected chi connectivity index (χ2v) is 5.65. The molecule has 6 nitrogen and oxygen atoms in total. The molecule has 0 heterocycles. The van der Waals surface area contributed by atoms with E-state index < -0.39 is 16.4 Å². The van der Waals surface area contributed by atoms with E-state index in [1.807, 2.05) is 20.8 Å². The number of nitrogens with zero attached hydrogens (tertiary/aromatic N) is 1. The maximum atomic E-state index is 13.4. The van der Waals surface area contributed by atoms with Gasteiger partial charge in [0.05, 0.1) is 4.92 Å². The van der Waals surface area contributed by atoms with E-state index in [-0.39, 0.29) is 29.5 Å². The van der Waals surface area contributed by atoms with Crippen molar-refractivity contribution in [2.75, 3.05) is 5.32 Å². The first-order chi connectivity index (χ1) is 9.11. The Bertz CT molecular complexity index is 526. The van der Waals surface area contributed by atoms with Crippen LogP contribution in [0.4, 0.5) is 15.8 Å². The van der Waals surface area contributed by atoms with Crippen molar-refractivity contribution in [1.29, 1.82) is 0 Å². The number of nitrogens with one attached hydrogen (secondary N) is 1. The predicted molar refractivity (Wildman–Crippen MR) is 73.7 cm³/mol. The molecule has 1 unspecified atom stereocenters. The molecule has 0 radical (unpaired) electrons. The van der Waals surface area contributed by atoms with Gasteiger partial charge in [-0.2, -0.15) is 4.39 Å². The third-order valence-electron chi connectivity index (χ3n) is 2.95. The minimum atomic E-state index is -0.993. The molecule has 0 aliphatic heterocycles. The normalized spacial score (nSPS) is 12.8. The number of nitrogens with two attached hydrogens (primary N) is 1. The van der Waals surface area contributed by atoms with Crippen LogP contribution >= 0.6 is 0 Å². The lowest BCUT2D eigenvalue weighted by molar-refractivity contribution is -0.387. The van der Waals surface area contributed by atoms with Crippen LogP contribution in [-0.2, 0) is 4.79 Å². The molecule has 0 spiro atoms. The lowest BCUT2D eigenvalue weighted by atomic mass is 9.85. The van der Waals surface area contributed by atoms with Gasteiger partial charge in [-0.05, 0) is 11.5 Å². The number of carbonyl (C=O) groups excluding carboxylic acids is 1. The Morgan fingerprint density at radius 1 is 1.50 bits per heavy atom. The zero-order chi connectivity index (χ0) is 15.5. The fraction of sp³-hybridized carbons (Fsp3) is 0.462. The number of hydrogen-bond donors (Lipinski definition) is 2. The van der Waals surface area contributed by atoms with E-state index in [4.69, 9.17) is 5.73 Å². The molecule has 0 saturated heterocycles. The smallest absolute Gasteiger partial charge is 0.304 e. The van der Waals surface area contributed by atoms with Crippen LogP contribution in [0.3, 0.4) is 0 Å². The van der Waals surface area contributed by atoms with Crippen molar-refractivity contribution in [1.82, 2.24) is 0 Å². The third kappa shape index (κ3) is 4.27. The SMILES string of the molecule is CC(C)(C)C(N)CC(=O)Nc1ccc([N+](=O)[O-])c(F)c1. The van der Waals surface area contributed by atoms with Crippen LogP contribution in [0.5, 0.6) is 0 Å². The van der Waals surface area contributed by atoms with Crippen molar-refractivity contribution in [3.63, 3.8) is 0 Å². The van der Waals surface area contributed by atoms with Crippen LogP contribution in [0, 0.1) is 21.3 Å². The van der Waals surface area contributed by atoms with Gasteiger partial charge in [-0.3, -0.25) is 14.9 Å². The zero-order valence-corrected chi connectivity index (χ0v) is 11.6. The van der Waals surface area contributed by atoms with Crippen LogP contribution in [-0.4, -0.2) is 16.9 Å². The number of carbonyl (C=O) groups is 1. The summed E-state index contributed by atoms with van der Waals surface area (Å²) in [6.45, 7) is 5.74. The van der Waals surface area contributed by atoms with Gasteiger partial charge >= 0.3 is 5.69 Å². The molecule has 3 N–H and O–H groups in total. The molecule has 7 heteroatoms. The molecule has 1 amide bonds. The van der Waals surface area contributed by atoms with Gasteiger partial charge in [-0.25, -0.2) is 0 Å². The molecule has 1 rings (SSSR count). The van der Waals surface area contributed by atoms with Crippen molar-refractivity contribution in [2.24, 2.45) is 11.1 Å². The van der Waals surface area contributed by atoms with E-state index in [1.165, 1.54) is 6.07 Å². The highest BCUT2D eigenvalue weighted by Crippen LogP contribution is 2.22. The number of amides is 1. The Morgan fingerprint density at radius 3 is 2.55 bits per heavy atom. The lowest BCUT2D eigenvalue weighted by Gasteiger charge is -2.26. The number of anilines is 1. The second kappa shape index (κ2) is 5.96. The van der Waals surface area contributed by atoms with Gasteiger partial charge in [0.1, 0.15) is 0 Å². The molecule has 1 atom stereocenters. The van der Waals surface area contributed by atoms with Crippen LogP contribution in [0.15, 0.2) is 18.2 Å². The van der Waals surface area contributed by atoms with Crippen molar-refractivity contribution in [2.45, 2.75) is 33.2 Å². The molecule has 0 saturated carbocycles. The van der Waals surface area contributed by atoms with E-state index in [1.54, 1.807) is 0 Å². The maximum absolute atomic E-state index is 13.4. The Morgan fingerprint density at radius 2 is 2.10 bits per heavy atom. The summed E-state index contributed by atoms with van der Waals surface area (Å²) in [4.78, 5) is 21.4. The average Bonchev–Trinajstić information content (AvgIpc) is 2.26. The van der Waals surface area contributed by atoms with E-state index in [9.17, 15) is 19.3 Å². The molecule has 1 aromatic rings. The molecule has 0 aliphatic rings. The largest absolute Gasteiger partial charge is 0.327 e. The van der Waals surface area contributed by atoms with Crippen LogP contribution in [0.1, 0.15) is 27.2 Å². The third-order valence-corrected chi connectivity index (χ3v) is 2.95. The zero-order valence-electron chi connectivity index (χ0n) is 11.6. The summed E-state index contributed by atoms with van der Waals surface area (Å²) in [7, 11) is 0. The molecule has 110 valence electrons. The predicted octanol–water partition coefficient (Wildman–Crippen LogP) is 2.44. The molecular formula is C13H18FN3O3. The first-order valence-electron chi connectivity index (χ1n) is 6.10. The number of rotatable bonds is 4. The monoisotopic (exact) mass is 283 g/mol. The minimum Gasteiger partial charge on any atom is -0.327 e. The summed E-state index contributed by atoms with van der Waals surface area (Å²) in [5.74, 6) is -1.35. The van der Waals surface area contributed by atoms with Gasteiger partial charge in [0.2, 0.25) is 11.7 Å². The van der Waals surface area contributed by atoms with Gasteiger partial charge < -0.3 is 11.1 Å². The second-order valence-electron chi connectivity index (χ2n) is 5.65. The fourth-order valence-electron chi connectivity index (χ4n) is 1.45. The molecule has 1 aromatic carbocycles. The van der Waals surface area contributed by atoms with Gasteiger partial charge in [-0.1, -0.05) is 20.8 Å². The van der Waals surface area contributed by atoms with Gasteiger partial charge in [0, 0.05) is 30.3 Å². The van der Waals surface area contributed by atoms with Crippen LogP contribution < -0.4 is 11.1 Å². The van der Waals surface area contributed by atoms with E-state index >= 15 is 0 Å². The van der Waals surface area contributed by atoms with Gasteiger partial charge in [0.15, 0.2) is 0 Å². The molecule has 20 heavy (non-hydrogen) atoms. The van der Waals surface area contributed by atoms with E-state index in [2.05, 4.69) is 5.32 Å². The summed E-state index contributed by atoms with van der Waals surface area (Å²) in [6, 6.07) is 2.86. The number of hydrogen-bond acceptors (Lipinski definition) is 4. The van der Waals surface area contributed by atoms with Gasteiger partial charge in [0.25, 0.3) is 0 Å². The highest BCUT2D eigenvalue weighted by Gasteiger charge is 2.23. The molecule has 0 bridgehead atoms. The molecular weight excluding hydrogens is 265 g/mol. The molecule has 0 fully saturated rings. The van der Waals surface area contributed by atoms with Crippen LogP contribution in [0.25, 0.3) is 0 Å². The van der Waals surface area contributed by atoms with E-state index in [0.717, 1.165) is 12.1 Å². The summed E-state index contributed by atoms with van der Waals surface area (Å²) >= 11 is 0. The fourth-order valence-corrected chi connectivity index (χ4v) is 1.45. The summed E-state index contributed by atoms with van der Waals surface area (Å²) in [5, 5.41) is 12.9. The highest BCUT2D eigenvalue weighted by atomic mass is 19.1. The van der Waals surface area contributed by atoms with Crippen molar-refractivity contribution in [3.8, 4) is 0 Å². The standard InChI is InChI=1S/C13H18FN3O3/c1-13(2,3)11(15)7-12(18)16-8-4-5-10(17(19)20)9(14)6-8/h4-6,11H,7,15H2,1-3H3,(H,16,18). The summed E-state index contributed by atoms with van der Waals surface area (Å²) in [5.41, 5.74) is 5.19. The van der Waals surface area contributed by atoms with E-state index in [0.29, 0.717) is 0 Å². The first kappa shape index (κ1) is 16.0. The highest BCUT2D eigenvalue weighted by molar-refractivity contribution is 5.91. The Labute approximate surface area is 116 Å². The van der Waals surface area contributed by atoms with Crippen molar-refractivity contribution >= 4 is 17.3 Å². The number of halogens is 1. The molecule has 0 aromatic heterocycles. The number of nitro benzene ring substituents is 1. The lowest BCUT2D eigenvalue weighted by Crippen LogP contribution is -2.38. The topological polar surface area (TPSA) is 98.3 Å². The average molecular weight is 283 g/mol. The minimum absolute atomic E-state index is 0.0854. The Balaban J connectivity index is 2.72. The summed E-state index contributed by atoms with van der Waals surface area (Å²) in [6.07, 6.45) is 0.0854. The number of nitro groups is 1. The van der Waals surface area contributed by atoms with Crippen molar-refractivity contribution in [3.05, 3.63) is 34.1 Å². The summed E-state index contributed by atoms with van der Waals surface area (Å²) < 4.78 is 13.4. The number of benzene rings is 1. The Hall–Kier alpha value is -2.02. The molecule has 0 aliphatic carbocycles. The van der Waals surface area contributed by atoms with Crippen LogP contribution in [0.2, 0.25) is 0 Å². The quantitative estimate of drug-likeness (QED) is 0.655. The maximum Gasteiger partial charge on any atom is 0.304 e. The van der Waals surface area contributed by atoms with Crippen molar-refractivity contribution < 1.29 is 14.1 Å². The Kier molecular flexibility index (Phi) is 4.78. The van der Waals surface area contributed by atoms with Gasteiger partial charge in [-0.15, -0.1) is 0 Å².